The molecular weight excluding hydrogens is 279 g/mol. The summed E-state index contributed by atoms with van der Waals surface area (Å²) in [6.45, 7) is 1.82. The van der Waals surface area contributed by atoms with Gasteiger partial charge in [0.2, 0.25) is 5.91 Å². The van der Waals surface area contributed by atoms with Gasteiger partial charge in [-0.05, 0) is 42.2 Å². The highest BCUT2D eigenvalue weighted by Gasteiger charge is 2.31. The van der Waals surface area contributed by atoms with Crippen molar-refractivity contribution in [2.75, 3.05) is 0 Å². The number of carbonyl (C=O) groups excluding carboxylic acids is 1. The Kier molecular flexibility index (Phi) is 3.94. The lowest BCUT2D eigenvalue weighted by Gasteiger charge is -2.21. The summed E-state index contributed by atoms with van der Waals surface area (Å²) in [5, 5.41) is 3.03. The second-order valence-electron chi connectivity index (χ2n) is 5.82. The molecule has 0 spiro atoms. The summed E-state index contributed by atoms with van der Waals surface area (Å²) >= 11 is 0. The highest BCUT2D eigenvalue weighted by Crippen LogP contribution is 2.29. The van der Waals surface area contributed by atoms with E-state index in [0.717, 1.165) is 17.5 Å². The molecule has 3 rings (SSSR count). The molecule has 0 aromatic heterocycles. The minimum atomic E-state index is -0.337. The molecular formula is C18H19FN2O. The zero-order valence-electron chi connectivity index (χ0n) is 12.4. The lowest BCUT2D eigenvalue weighted by atomic mass is 9.99. The Morgan fingerprint density at radius 2 is 1.91 bits per heavy atom. The topological polar surface area (TPSA) is 55.1 Å². The zero-order valence-corrected chi connectivity index (χ0v) is 12.4. The molecule has 2 aromatic carbocycles. The van der Waals surface area contributed by atoms with Crippen LogP contribution in [-0.2, 0) is 11.2 Å². The second-order valence-corrected chi connectivity index (χ2v) is 5.82. The number of carbonyl (C=O) groups is 1. The van der Waals surface area contributed by atoms with E-state index in [-0.39, 0.29) is 29.7 Å². The number of fused-ring (bicyclic) bond motifs is 1. The van der Waals surface area contributed by atoms with Gasteiger partial charge in [-0.3, -0.25) is 4.79 Å². The highest BCUT2D eigenvalue weighted by atomic mass is 19.1. The van der Waals surface area contributed by atoms with Crippen molar-refractivity contribution in [2.45, 2.75) is 31.3 Å². The first-order chi connectivity index (χ1) is 10.6. The van der Waals surface area contributed by atoms with Crippen molar-refractivity contribution >= 4 is 5.91 Å². The Morgan fingerprint density at radius 1 is 1.23 bits per heavy atom. The van der Waals surface area contributed by atoms with E-state index in [1.165, 1.54) is 17.7 Å². The van der Waals surface area contributed by atoms with E-state index in [2.05, 4.69) is 5.32 Å². The van der Waals surface area contributed by atoms with E-state index in [1.807, 2.05) is 31.2 Å². The lowest BCUT2D eigenvalue weighted by Crippen LogP contribution is -2.42. The summed E-state index contributed by atoms with van der Waals surface area (Å²) in [4.78, 5) is 12.4. The van der Waals surface area contributed by atoms with Crippen LogP contribution in [0.15, 0.2) is 48.5 Å². The van der Waals surface area contributed by atoms with Crippen LogP contribution in [0.25, 0.3) is 0 Å². The predicted octanol–water partition coefficient (Wildman–Crippen LogP) is 2.67. The van der Waals surface area contributed by atoms with Crippen molar-refractivity contribution in [3.8, 4) is 0 Å². The molecule has 0 bridgehead atoms. The van der Waals surface area contributed by atoms with Crippen LogP contribution in [0.2, 0.25) is 0 Å². The quantitative estimate of drug-likeness (QED) is 0.915. The van der Waals surface area contributed by atoms with Gasteiger partial charge in [-0.25, -0.2) is 4.39 Å². The fourth-order valence-electron chi connectivity index (χ4n) is 2.98. The molecule has 0 unspecified atom stereocenters. The molecule has 0 aliphatic heterocycles. The van der Waals surface area contributed by atoms with E-state index in [0.29, 0.717) is 0 Å². The molecule has 4 heteroatoms. The number of nitrogens with two attached hydrogens (primary N) is 1. The van der Waals surface area contributed by atoms with E-state index in [1.54, 1.807) is 12.1 Å². The normalized spacial score (nSPS) is 21.2. The van der Waals surface area contributed by atoms with Gasteiger partial charge in [0.1, 0.15) is 5.82 Å². The molecule has 1 aliphatic carbocycles. The molecule has 0 heterocycles. The first kappa shape index (κ1) is 14.7. The third kappa shape index (κ3) is 2.74. The Hall–Kier alpha value is -2.20. The molecule has 0 radical (unpaired) electrons. The minimum Gasteiger partial charge on any atom is -0.351 e. The first-order valence-corrected chi connectivity index (χ1v) is 7.45. The largest absolute Gasteiger partial charge is 0.351 e. The summed E-state index contributed by atoms with van der Waals surface area (Å²) < 4.78 is 13.0. The van der Waals surface area contributed by atoms with Crippen LogP contribution in [0.3, 0.4) is 0 Å². The van der Waals surface area contributed by atoms with Gasteiger partial charge in [0.25, 0.3) is 0 Å². The highest BCUT2D eigenvalue weighted by molar-refractivity contribution is 5.83. The number of benzene rings is 2. The van der Waals surface area contributed by atoms with Gasteiger partial charge in [0.05, 0.1) is 18.0 Å². The standard InChI is InChI=1S/C18H19FN2O/c1-11(12-6-8-14(19)9-7-12)18(22)21-16-10-13-4-2-3-5-15(13)17(16)20/h2-9,11,16-17H,10,20H2,1H3,(H,21,22)/t11-,16-,17-/m0/s1. The number of halogens is 1. The fourth-order valence-corrected chi connectivity index (χ4v) is 2.98. The van der Waals surface area contributed by atoms with Crippen molar-refractivity contribution in [2.24, 2.45) is 5.73 Å². The van der Waals surface area contributed by atoms with E-state index in [4.69, 9.17) is 5.73 Å². The minimum absolute atomic E-state index is 0.0835. The monoisotopic (exact) mass is 298 g/mol. The summed E-state index contributed by atoms with van der Waals surface area (Å²) in [6.07, 6.45) is 0.749. The molecule has 1 amide bonds. The molecule has 3 atom stereocenters. The van der Waals surface area contributed by atoms with Crippen LogP contribution >= 0.6 is 0 Å². The molecule has 2 aromatic rings. The molecule has 0 saturated heterocycles. The SMILES string of the molecule is C[C@H](C(=O)N[C@H]1Cc2ccccc2[C@@H]1N)c1ccc(F)cc1. The number of rotatable bonds is 3. The second kappa shape index (κ2) is 5.89. The van der Waals surface area contributed by atoms with E-state index < -0.39 is 0 Å². The Morgan fingerprint density at radius 3 is 2.59 bits per heavy atom. The van der Waals surface area contributed by atoms with Crippen molar-refractivity contribution in [3.05, 3.63) is 71.0 Å². The maximum absolute atomic E-state index is 13.0. The van der Waals surface area contributed by atoms with E-state index in [9.17, 15) is 9.18 Å². The predicted molar refractivity (Wildman–Crippen MR) is 83.8 cm³/mol. The van der Waals surface area contributed by atoms with Crippen molar-refractivity contribution in [1.82, 2.24) is 5.32 Å². The van der Waals surface area contributed by atoms with Crippen molar-refractivity contribution < 1.29 is 9.18 Å². The average molecular weight is 298 g/mol. The Labute approximate surface area is 129 Å². The van der Waals surface area contributed by atoms with Gasteiger partial charge < -0.3 is 11.1 Å². The zero-order chi connectivity index (χ0) is 15.7. The van der Waals surface area contributed by atoms with Crippen LogP contribution in [0, 0.1) is 5.82 Å². The van der Waals surface area contributed by atoms with Crippen LogP contribution in [0.1, 0.15) is 35.6 Å². The summed E-state index contributed by atoms with van der Waals surface area (Å²) in [5.41, 5.74) is 9.32. The lowest BCUT2D eigenvalue weighted by molar-refractivity contribution is -0.123. The smallest absolute Gasteiger partial charge is 0.227 e. The van der Waals surface area contributed by atoms with Crippen LogP contribution < -0.4 is 11.1 Å². The molecule has 114 valence electrons. The fraction of sp³-hybridized carbons (Fsp3) is 0.278. The molecule has 3 nitrogen and oxygen atoms in total. The number of amides is 1. The summed E-state index contributed by atoms with van der Waals surface area (Å²) in [7, 11) is 0. The molecule has 3 N–H and O–H groups in total. The van der Waals surface area contributed by atoms with Crippen LogP contribution in [0.5, 0.6) is 0 Å². The van der Waals surface area contributed by atoms with Gasteiger partial charge >= 0.3 is 0 Å². The molecule has 0 fully saturated rings. The third-order valence-electron chi connectivity index (χ3n) is 4.38. The number of hydrogen-bond acceptors (Lipinski definition) is 2. The Bertz CT molecular complexity index is 684. The first-order valence-electron chi connectivity index (χ1n) is 7.45. The van der Waals surface area contributed by atoms with Gasteiger partial charge in [-0.2, -0.15) is 0 Å². The van der Waals surface area contributed by atoms with Crippen LogP contribution in [0.4, 0.5) is 4.39 Å². The van der Waals surface area contributed by atoms with Gasteiger partial charge in [-0.1, -0.05) is 36.4 Å². The van der Waals surface area contributed by atoms with Crippen molar-refractivity contribution in [3.63, 3.8) is 0 Å². The number of nitrogens with one attached hydrogen (secondary N) is 1. The van der Waals surface area contributed by atoms with Crippen LogP contribution in [-0.4, -0.2) is 11.9 Å². The maximum atomic E-state index is 13.0. The van der Waals surface area contributed by atoms with Gasteiger partial charge in [-0.15, -0.1) is 0 Å². The maximum Gasteiger partial charge on any atom is 0.227 e. The summed E-state index contributed by atoms with van der Waals surface area (Å²) in [6, 6.07) is 13.8. The van der Waals surface area contributed by atoms with Gasteiger partial charge in [0.15, 0.2) is 0 Å². The molecule has 0 saturated carbocycles. The molecule has 22 heavy (non-hydrogen) atoms. The molecule has 1 aliphatic rings. The summed E-state index contributed by atoms with van der Waals surface area (Å²) in [5.74, 6) is -0.721. The Balaban J connectivity index is 1.69. The van der Waals surface area contributed by atoms with Crippen molar-refractivity contribution in [1.29, 1.82) is 0 Å². The average Bonchev–Trinajstić information content (AvgIpc) is 2.84. The van der Waals surface area contributed by atoms with Gasteiger partial charge in [0, 0.05) is 0 Å². The number of hydrogen-bond donors (Lipinski definition) is 2. The van der Waals surface area contributed by atoms with E-state index >= 15 is 0 Å². The third-order valence-corrected chi connectivity index (χ3v) is 4.38.